The van der Waals surface area contributed by atoms with Crippen LogP contribution in [-0.2, 0) is 12.8 Å². The molecule has 6 nitrogen and oxygen atoms in total. The van der Waals surface area contributed by atoms with E-state index in [9.17, 15) is 9.59 Å². The Morgan fingerprint density at radius 2 is 1.94 bits per heavy atom. The van der Waals surface area contributed by atoms with Crippen molar-refractivity contribution >= 4 is 55.4 Å². The number of anilines is 2. The molecule has 0 aromatic carbocycles. The standard InChI is InChI=1S/C23H28N4O2S2/c1-10-8-11(2)26-21-15(10)17(24)18(31-21)20(29)27-22-16(19(25)28)13-7-6-12(23(3,4)5)9-14(13)30-22/h8,12H,6-7,9,24H2,1-5H3,(H2,25,28)(H,27,29). The number of pyridine rings is 1. The molecule has 31 heavy (non-hydrogen) atoms. The Hall–Kier alpha value is -2.45. The van der Waals surface area contributed by atoms with E-state index in [1.807, 2.05) is 19.9 Å². The van der Waals surface area contributed by atoms with Gasteiger partial charge in [0.2, 0.25) is 0 Å². The fourth-order valence-electron chi connectivity index (χ4n) is 4.47. The van der Waals surface area contributed by atoms with Crippen molar-refractivity contribution in [2.75, 3.05) is 11.1 Å². The van der Waals surface area contributed by atoms with Gasteiger partial charge in [-0.25, -0.2) is 4.98 Å². The molecular weight excluding hydrogens is 428 g/mol. The Morgan fingerprint density at radius 3 is 2.58 bits per heavy atom. The lowest BCUT2D eigenvalue weighted by Gasteiger charge is -2.33. The molecule has 1 aliphatic carbocycles. The number of rotatable bonds is 3. The second kappa shape index (κ2) is 7.60. The van der Waals surface area contributed by atoms with Gasteiger partial charge in [0.1, 0.15) is 14.7 Å². The van der Waals surface area contributed by atoms with Crippen LogP contribution in [0.2, 0.25) is 0 Å². The number of nitrogens with one attached hydrogen (secondary N) is 1. The highest BCUT2D eigenvalue weighted by Gasteiger charge is 2.34. The molecule has 0 saturated heterocycles. The van der Waals surface area contributed by atoms with E-state index < -0.39 is 5.91 Å². The highest BCUT2D eigenvalue weighted by atomic mass is 32.1. The summed E-state index contributed by atoms with van der Waals surface area (Å²) in [5, 5.41) is 4.27. The molecule has 3 aromatic heterocycles. The highest BCUT2D eigenvalue weighted by Crippen LogP contribution is 2.44. The van der Waals surface area contributed by atoms with Gasteiger partial charge >= 0.3 is 0 Å². The molecule has 4 rings (SSSR count). The van der Waals surface area contributed by atoms with Crippen LogP contribution in [-0.4, -0.2) is 16.8 Å². The van der Waals surface area contributed by atoms with E-state index in [1.165, 1.54) is 22.7 Å². The van der Waals surface area contributed by atoms with Crippen molar-refractivity contribution in [1.82, 2.24) is 4.98 Å². The summed E-state index contributed by atoms with van der Waals surface area (Å²) < 4.78 is 0. The summed E-state index contributed by atoms with van der Waals surface area (Å²) in [6.45, 7) is 10.6. The molecule has 0 aliphatic heterocycles. The van der Waals surface area contributed by atoms with Gasteiger partial charge in [0.15, 0.2) is 0 Å². The number of aryl methyl sites for hydroxylation is 2. The van der Waals surface area contributed by atoms with E-state index in [0.717, 1.165) is 51.2 Å². The van der Waals surface area contributed by atoms with Crippen LogP contribution in [0.4, 0.5) is 10.7 Å². The average molecular weight is 457 g/mol. The van der Waals surface area contributed by atoms with Crippen LogP contribution in [0.25, 0.3) is 10.2 Å². The number of carbonyl (C=O) groups is 2. The smallest absolute Gasteiger partial charge is 0.268 e. The van der Waals surface area contributed by atoms with Gasteiger partial charge in [-0.3, -0.25) is 9.59 Å². The lowest BCUT2D eigenvalue weighted by atomic mass is 9.72. The lowest BCUT2D eigenvalue weighted by molar-refractivity contribution is 0.1000. The topological polar surface area (TPSA) is 111 Å². The quantitative estimate of drug-likeness (QED) is 0.511. The third kappa shape index (κ3) is 3.83. The zero-order valence-corrected chi connectivity index (χ0v) is 20.1. The van der Waals surface area contributed by atoms with Crippen LogP contribution in [0.5, 0.6) is 0 Å². The predicted molar refractivity (Wildman–Crippen MR) is 129 cm³/mol. The van der Waals surface area contributed by atoms with E-state index >= 15 is 0 Å². The monoisotopic (exact) mass is 456 g/mol. The third-order valence-corrected chi connectivity index (χ3v) is 8.46. The van der Waals surface area contributed by atoms with Crippen molar-refractivity contribution in [2.24, 2.45) is 17.1 Å². The van der Waals surface area contributed by atoms with Crippen LogP contribution in [0.3, 0.4) is 0 Å². The second-order valence-corrected chi connectivity index (χ2v) is 11.5. The zero-order valence-electron chi connectivity index (χ0n) is 18.5. The minimum Gasteiger partial charge on any atom is -0.397 e. The number of nitrogens with two attached hydrogens (primary N) is 2. The molecule has 5 N–H and O–H groups in total. The molecule has 8 heteroatoms. The summed E-state index contributed by atoms with van der Waals surface area (Å²) in [5.74, 6) is -0.302. The van der Waals surface area contributed by atoms with Crippen molar-refractivity contribution in [3.63, 3.8) is 0 Å². The first kappa shape index (κ1) is 21.8. The fourth-order valence-corrected chi connectivity index (χ4v) is 6.91. The van der Waals surface area contributed by atoms with Crippen molar-refractivity contribution in [2.45, 2.75) is 53.9 Å². The summed E-state index contributed by atoms with van der Waals surface area (Å²) in [6, 6.07) is 1.96. The Balaban J connectivity index is 1.70. The summed E-state index contributed by atoms with van der Waals surface area (Å²) in [7, 11) is 0. The van der Waals surface area contributed by atoms with Crippen molar-refractivity contribution < 1.29 is 9.59 Å². The second-order valence-electron chi connectivity index (χ2n) is 9.44. The fraction of sp³-hybridized carbons (Fsp3) is 0.435. The average Bonchev–Trinajstić information content (AvgIpc) is 3.17. The van der Waals surface area contributed by atoms with E-state index in [1.54, 1.807) is 0 Å². The Kier molecular flexibility index (Phi) is 5.34. The maximum absolute atomic E-state index is 13.2. The van der Waals surface area contributed by atoms with Gasteiger partial charge in [0.05, 0.1) is 11.3 Å². The SMILES string of the molecule is Cc1cc(C)c2c(N)c(C(=O)Nc3sc4c(c3C(N)=O)CCC(C(C)(C)C)C4)sc2n1. The van der Waals surface area contributed by atoms with Gasteiger partial charge < -0.3 is 16.8 Å². The Morgan fingerprint density at radius 1 is 1.23 bits per heavy atom. The van der Waals surface area contributed by atoms with Crippen LogP contribution in [0.15, 0.2) is 6.07 Å². The molecule has 3 heterocycles. The molecule has 3 aromatic rings. The molecule has 1 atom stereocenters. The molecule has 0 radical (unpaired) electrons. The molecule has 1 unspecified atom stereocenters. The summed E-state index contributed by atoms with van der Waals surface area (Å²) in [4.78, 5) is 32.3. The third-order valence-electron chi connectivity index (χ3n) is 6.19. The van der Waals surface area contributed by atoms with E-state index in [4.69, 9.17) is 11.5 Å². The van der Waals surface area contributed by atoms with E-state index in [0.29, 0.717) is 27.0 Å². The normalized spacial score (nSPS) is 16.4. The van der Waals surface area contributed by atoms with Gasteiger partial charge in [0.25, 0.3) is 11.8 Å². The molecule has 1 aliphatic rings. The largest absolute Gasteiger partial charge is 0.397 e. The van der Waals surface area contributed by atoms with Crippen molar-refractivity contribution in [3.05, 3.63) is 38.2 Å². The number of thiophene rings is 2. The molecule has 0 fully saturated rings. The van der Waals surface area contributed by atoms with Crippen molar-refractivity contribution in [1.29, 1.82) is 0 Å². The number of nitrogens with zero attached hydrogens (tertiary/aromatic N) is 1. The lowest BCUT2D eigenvalue weighted by Crippen LogP contribution is -2.27. The molecule has 0 bridgehead atoms. The molecule has 0 saturated carbocycles. The minimum atomic E-state index is -0.501. The van der Waals surface area contributed by atoms with Gasteiger partial charge in [-0.15, -0.1) is 22.7 Å². The maximum Gasteiger partial charge on any atom is 0.268 e. The van der Waals surface area contributed by atoms with Gasteiger partial charge in [-0.2, -0.15) is 0 Å². The Bertz CT molecular complexity index is 1220. The Labute approximate surface area is 190 Å². The van der Waals surface area contributed by atoms with Gasteiger partial charge in [0, 0.05) is 16.0 Å². The summed E-state index contributed by atoms with van der Waals surface area (Å²) in [6.07, 6.45) is 2.71. The molecule has 0 spiro atoms. The predicted octanol–water partition coefficient (Wildman–Crippen LogP) is 5.06. The first-order chi connectivity index (χ1) is 14.5. The summed E-state index contributed by atoms with van der Waals surface area (Å²) in [5.41, 5.74) is 16.0. The van der Waals surface area contributed by atoms with Crippen LogP contribution in [0.1, 0.15) is 68.9 Å². The number of carbonyl (C=O) groups excluding carboxylic acids is 2. The maximum atomic E-state index is 13.2. The number of primary amides is 1. The number of hydrogen-bond donors (Lipinski definition) is 3. The van der Waals surface area contributed by atoms with Crippen molar-refractivity contribution in [3.8, 4) is 0 Å². The van der Waals surface area contributed by atoms with E-state index in [2.05, 4.69) is 31.1 Å². The van der Waals surface area contributed by atoms with Gasteiger partial charge in [-0.1, -0.05) is 20.8 Å². The number of nitrogen functional groups attached to an aromatic ring is 1. The van der Waals surface area contributed by atoms with Crippen LogP contribution < -0.4 is 16.8 Å². The highest BCUT2D eigenvalue weighted by molar-refractivity contribution is 7.21. The first-order valence-electron chi connectivity index (χ1n) is 10.4. The van der Waals surface area contributed by atoms with E-state index in [-0.39, 0.29) is 11.3 Å². The molecular formula is C23H28N4O2S2. The molecule has 164 valence electrons. The minimum absolute atomic E-state index is 0.187. The van der Waals surface area contributed by atoms with Crippen LogP contribution >= 0.6 is 22.7 Å². The zero-order chi connectivity index (χ0) is 22.7. The number of hydrogen-bond acceptors (Lipinski definition) is 6. The number of aromatic nitrogens is 1. The summed E-state index contributed by atoms with van der Waals surface area (Å²) >= 11 is 2.74. The number of amides is 2. The van der Waals surface area contributed by atoms with Crippen LogP contribution in [0, 0.1) is 25.2 Å². The number of fused-ring (bicyclic) bond motifs is 2. The van der Waals surface area contributed by atoms with Gasteiger partial charge in [-0.05, 0) is 61.6 Å². The first-order valence-corrected chi connectivity index (χ1v) is 12.0. The molecule has 2 amide bonds.